The fraction of sp³-hybridized carbons (Fsp3) is 0.800. The van der Waals surface area contributed by atoms with Gasteiger partial charge in [0.1, 0.15) is 5.60 Å². The molecule has 7 rings (SSSR count). The van der Waals surface area contributed by atoms with Crippen molar-refractivity contribution in [3.63, 3.8) is 0 Å². The van der Waals surface area contributed by atoms with Gasteiger partial charge in [-0.2, -0.15) is 0 Å². The molecule has 27 heavy (non-hydrogen) atoms. The second-order valence-corrected chi connectivity index (χ2v) is 11.1. The van der Waals surface area contributed by atoms with Gasteiger partial charge in [-0.25, -0.2) is 0 Å². The van der Waals surface area contributed by atoms with Crippen LogP contribution >= 0.6 is 0 Å². The molecule has 5 saturated carbocycles. The first-order valence-corrected chi connectivity index (χ1v) is 11.7. The minimum atomic E-state index is -0.0690. The molecule has 6 fully saturated rings. The first kappa shape index (κ1) is 15.8. The Balaban J connectivity index is 1.32. The van der Waals surface area contributed by atoms with Gasteiger partial charge in [-0.15, -0.1) is 0 Å². The number of esters is 1. The Bertz CT molecular complexity index is 794. The van der Waals surface area contributed by atoms with E-state index in [1.54, 1.807) is 5.57 Å². The number of carbonyl (C=O) groups is 1. The van der Waals surface area contributed by atoms with Crippen molar-refractivity contribution in [1.82, 2.24) is 0 Å². The zero-order chi connectivity index (χ0) is 18.1. The third kappa shape index (κ3) is 1.66. The van der Waals surface area contributed by atoms with Gasteiger partial charge in [0.2, 0.25) is 0 Å². The van der Waals surface area contributed by atoms with Crippen molar-refractivity contribution in [2.24, 2.45) is 52.8 Å². The molecule has 0 aromatic rings. The quantitative estimate of drug-likeness (QED) is 0.591. The Kier molecular flexibility index (Phi) is 2.78. The van der Waals surface area contributed by atoms with Crippen LogP contribution in [-0.2, 0) is 9.53 Å². The highest BCUT2D eigenvalue weighted by atomic mass is 16.6. The van der Waals surface area contributed by atoms with Crippen LogP contribution in [0.1, 0.15) is 64.7 Å². The monoisotopic (exact) mass is 364 g/mol. The van der Waals surface area contributed by atoms with E-state index < -0.39 is 0 Å². The van der Waals surface area contributed by atoms with Gasteiger partial charge in [0, 0.05) is 17.8 Å². The summed E-state index contributed by atoms with van der Waals surface area (Å²) in [5.74, 6) is 7.01. The Hall–Kier alpha value is -1.05. The van der Waals surface area contributed by atoms with Crippen molar-refractivity contribution in [3.8, 4) is 0 Å². The average Bonchev–Trinajstić information content (AvgIpc) is 3.57. The molecule has 0 aromatic heterocycles. The molecular formula is C25H32O2. The van der Waals surface area contributed by atoms with Gasteiger partial charge in [-0.1, -0.05) is 30.7 Å². The second-order valence-electron chi connectivity index (χ2n) is 11.1. The zero-order valence-corrected chi connectivity index (χ0v) is 16.6. The Morgan fingerprint density at radius 2 is 2.00 bits per heavy atom. The fourth-order valence-corrected chi connectivity index (χ4v) is 9.88. The average molecular weight is 365 g/mol. The van der Waals surface area contributed by atoms with E-state index in [9.17, 15) is 4.79 Å². The first-order valence-electron chi connectivity index (χ1n) is 11.7. The lowest BCUT2D eigenvalue weighted by Gasteiger charge is -2.58. The van der Waals surface area contributed by atoms with Crippen LogP contribution < -0.4 is 0 Å². The lowest BCUT2D eigenvalue weighted by atomic mass is 9.47. The summed E-state index contributed by atoms with van der Waals surface area (Å²) in [4.78, 5) is 12.2. The summed E-state index contributed by atoms with van der Waals surface area (Å²) < 4.78 is 6.31. The van der Waals surface area contributed by atoms with Crippen LogP contribution in [0, 0.1) is 52.8 Å². The summed E-state index contributed by atoms with van der Waals surface area (Å²) >= 11 is 0. The van der Waals surface area contributed by atoms with E-state index in [1.165, 1.54) is 50.5 Å². The standard InChI is InChI=1S/C25H32O2/c1-3-24-8-6-15-14-5-4-13(2)10-16(14)17-11-18(17)22(15)23(24)19-12-20(19)25(24)9-7-21(26)27-25/h10,14-15,17-20,22-23H,2-9,11-12H2,1H3/t14-,15?,17?,18?,19-,20+,22?,23?,24+,25?/m1/s1. The molecule has 144 valence electrons. The van der Waals surface area contributed by atoms with Crippen LogP contribution in [0.3, 0.4) is 0 Å². The van der Waals surface area contributed by atoms with Gasteiger partial charge in [0.25, 0.3) is 0 Å². The predicted octanol–water partition coefficient (Wildman–Crippen LogP) is 5.29. The number of rotatable bonds is 1. The van der Waals surface area contributed by atoms with Gasteiger partial charge >= 0.3 is 5.97 Å². The van der Waals surface area contributed by atoms with Crippen molar-refractivity contribution in [1.29, 1.82) is 0 Å². The molecular weight excluding hydrogens is 332 g/mol. The lowest BCUT2D eigenvalue weighted by molar-refractivity contribution is -0.179. The van der Waals surface area contributed by atoms with Gasteiger partial charge in [0.15, 0.2) is 0 Å². The molecule has 0 N–H and O–H groups in total. The largest absolute Gasteiger partial charge is 0.458 e. The maximum Gasteiger partial charge on any atom is 0.306 e. The molecule has 6 unspecified atom stereocenters. The van der Waals surface area contributed by atoms with E-state index in [0.717, 1.165) is 47.8 Å². The van der Waals surface area contributed by atoms with E-state index in [1.807, 2.05) is 0 Å². The highest BCUT2D eigenvalue weighted by molar-refractivity contribution is 5.73. The Morgan fingerprint density at radius 3 is 2.78 bits per heavy atom. The molecule has 0 bridgehead atoms. The summed E-state index contributed by atoms with van der Waals surface area (Å²) in [6.45, 7) is 6.70. The highest BCUT2D eigenvalue weighted by Crippen LogP contribution is 2.81. The molecule has 7 aliphatic rings. The number of fused-ring (bicyclic) bond motifs is 12. The van der Waals surface area contributed by atoms with E-state index in [2.05, 4.69) is 19.6 Å². The fourth-order valence-electron chi connectivity index (χ4n) is 9.88. The van der Waals surface area contributed by atoms with E-state index >= 15 is 0 Å². The topological polar surface area (TPSA) is 26.3 Å². The Labute approximate surface area is 162 Å². The number of allylic oxidation sites excluding steroid dienone is 3. The molecule has 1 heterocycles. The van der Waals surface area contributed by atoms with Gasteiger partial charge in [-0.3, -0.25) is 4.79 Å². The molecule has 1 saturated heterocycles. The molecule has 10 atom stereocenters. The predicted molar refractivity (Wildman–Crippen MR) is 104 cm³/mol. The number of ether oxygens (including phenoxy) is 1. The maximum absolute atomic E-state index is 12.2. The summed E-state index contributed by atoms with van der Waals surface area (Å²) in [6.07, 6.45) is 13.5. The number of carbonyl (C=O) groups excluding carboxylic acids is 1. The highest BCUT2D eigenvalue weighted by Gasteiger charge is 2.81. The number of hydrogen-bond donors (Lipinski definition) is 0. The van der Waals surface area contributed by atoms with Crippen LogP contribution in [0.5, 0.6) is 0 Å². The SMILES string of the molecule is C=C1C=C2C3CC3C3C(CC[C@@]4(CC)C3[C@@H]3C[C@@H]3C43CCC(=O)O3)[C@H]2CC1. The van der Waals surface area contributed by atoms with Crippen molar-refractivity contribution in [2.45, 2.75) is 70.3 Å². The van der Waals surface area contributed by atoms with E-state index in [4.69, 9.17) is 4.74 Å². The first-order chi connectivity index (χ1) is 13.1. The van der Waals surface area contributed by atoms with Crippen LogP contribution in [0.4, 0.5) is 0 Å². The van der Waals surface area contributed by atoms with Crippen molar-refractivity contribution in [3.05, 3.63) is 23.8 Å². The van der Waals surface area contributed by atoms with Crippen molar-refractivity contribution >= 4 is 5.97 Å². The minimum absolute atomic E-state index is 0.0690. The molecule has 2 heteroatoms. The summed E-state index contributed by atoms with van der Waals surface area (Å²) in [5, 5.41) is 0. The van der Waals surface area contributed by atoms with Crippen LogP contribution in [0.25, 0.3) is 0 Å². The van der Waals surface area contributed by atoms with E-state index in [0.29, 0.717) is 17.8 Å². The zero-order valence-electron chi connectivity index (χ0n) is 16.6. The lowest BCUT2D eigenvalue weighted by Crippen LogP contribution is -2.56. The van der Waals surface area contributed by atoms with E-state index in [-0.39, 0.29) is 11.6 Å². The summed E-state index contributed by atoms with van der Waals surface area (Å²) in [7, 11) is 0. The minimum Gasteiger partial charge on any atom is -0.458 e. The van der Waals surface area contributed by atoms with Crippen LogP contribution in [0.15, 0.2) is 23.8 Å². The number of hydrogen-bond acceptors (Lipinski definition) is 2. The molecule has 2 nitrogen and oxygen atoms in total. The molecule has 1 spiro atoms. The van der Waals surface area contributed by atoms with Crippen molar-refractivity contribution < 1.29 is 9.53 Å². The Morgan fingerprint density at radius 1 is 1.11 bits per heavy atom. The van der Waals surface area contributed by atoms with Crippen molar-refractivity contribution in [2.75, 3.05) is 0 Å². The molecule has 0 radical (unpaired) electrons. The second kappa shape index (κ2) is 4.74. The molecule has 6 aliphatic carbocycles. The third-order valence-electron chi connectivity index (χ3n) is 10.7. The van der Waals surface area contributed by atoms with Crippen LogP contribution in [0.2, 0.25) is 0 Å². The maximum atomic E-state index is 12.2. The molecule has 1 aliphatic heterocycles. The summed E-state index contributed by atoms with van der Waals surface area (Å²) in [5.41, 5.74) is 3.42. The van der Waals surface area contributed by atoms with Gasteiger partial charge in [-0.05, 0) is 92.8 Å². The van der Waals surface area contributed by atoms with Gasteiger partial charge < -0.3 is 4.74 Å². The van der Waals surface area contributed by atoms with Gasteiger partial charge in [0.05, 0.1) is 0 Å². The smallest absolute Gasteiger partial charge is 0.306 e. The molecule has 0 aromatic carbocycles. The summed E-state index contributed by atoms with van der Waals surface area (Å²) in [6, 6.07) is 0. The third-order valence-corrected chi connectivity index (χ3v) is 10.7. The van der Waals surface area contributed by atoms with Crippen LogP contribution in [-0.4, -0.2) is 11.6 Å². The normalized spacial score (nSPS) is 59.2. The molecule has 0 amide bonds.